The summed E-state index contributed by atoms with van der Waals surface area (Å²) in [6.45, 7) is 7.05. The van der Waals surface area contributed by atoms with Crippen LogP contribution in [0.4, 0.5) is 11.8 Å². The van der Waals surface area contributed by atoms with Gasteiger partial charge in [-0.05, 0) is 39.0 Å². The Balaban J connectivity index is 1.47. The van der Waals surface area contributed by atoms with Gasteiger partial charge in [0.25, 0.3) is 5.91 Å². The van der Waals surface area contributed by atoms with Gasteiger partial charge in [-0.15, -0.1) is 0 Å². The Hall–Kier alpha value is -3.35. The monoisotopic (exact) mass is 374 g/mol. The predicted octanol–water partition coefficient (Wildman–Crippen LogP) is 3.18. The van der Waals surface area contributed by atoms with Crippen molar-refractivity contribution >= 4 is 17.7 Å². The van der Waals surface area contributed by atoms with Gasteiger partial charge in [0, 0.05) is 41.8 Å². The van der Waals surface area contributed by atoms with Gasteiger partial charge < -0.3 is 10.2 Å². The van der Waals surface area contributed by atoms with Crippen molar-refractivity contribution in [2.45, 2.75) is 26.7 Å². The first-order chi connectivity index (χ1) is 13.5. The van der Waals surface area contributed by atoms with E-state index in [1.807, 2.05) is 68.1 Å². The summed E-state index contributed by atoms with van der Waals surface area (Å²) in [6.07, 6.45) is 0. The molecule has 1 fully saturated rings. The average Bonchev–Trinajstić information content (AvgIpc) is 2.59. The van der Waals surface area contributed by atoms with Crippen molar-refractivity contribution in [3.8, 4) is 0 Å². The van der Waals surface area contributed by atoms with E-state index in [1.165, 1.54) is 0 Å². The van der Waals surface area contributed by atoms with Gasteiger partial charge in [-0.2, -0.15) is 0 Å². The van der Waals surface area contributed by atoms with Gasteiger partial charge >= 0.3 is 0 Å². The molecule has 0 unspecified atom stereocenters. The molecule has 0 saturated carbocycles. The Bertz CT molecular complexity index is 994. The van der Waals surface area contributed by atoms with Crippen molar-refractivity contribution in [2.75, 3.05) is 18.4 Å². The highest BCUT2D eigenvalue weighted by atomic mass is 16.2. The summed E-state index contributed by atoms with van der Waals surface area (Å²) in [6, 6.07) is 13.1. The lowest BCUT2D eigenvalue weighted by atomic mass is 9.97. The molecule has 28 heavy (non-hydrogen) atoms. The molecular weight excluding hydrogens is 352 g/mol. The van der Waals surface area contributed by atoms with Gasteiger partial charge in [0.1, 0.15) is 11.6 Å². The number of rotatable bonds is 4. The second-order valence-electron chi connectivity index (χ2n) is 7.13. The Morgan fingerprint density at radius 2 is 1.57 bits per heavy atom. The first-order valence-electron chi connectivity index (χ1n) is 9.27. The third kappa shape index (κ3) is 3.83. The second kappa shape index (κ2) is 7.34. The fourth-order valence-electron chi connectivity index (χ4n) is 3.31. The van der Waals surface area contributed by atoms with E-state index in [4.69, 9.17) is 0 Å². The number of benzene rings is 1. The number of nitrogens with one attached hydrogen (secondary N) is 1. The first-order valence-corrected chi connectivity index (χ1v) is 9.27. The van der Waals surface area contributed by atoms with Crippen molar-refractivity contribution in [3.63, 3.8) is 0 Å². The van der Waals surface area contributed by atoms with Crippen molar-refractivity contribution < 1.29 is 4.79 Å². The molecule has 142 valence electrons. The van der Waals surface area contributed by atoms with E-state index in [0.717, 1.165) is 22.9 Å². The molecule has 3 aromatic rings. The molecule has 0 atom stereocenters. The summed E-state index contributed by atoms with van der Waals surface area (Å²) < 4.78 is 0. The molecule has 0 aliphatic carbocycles. The SMILES string of the molecule is Cc1cc(C)nc(Nc2cc(C)nc(C3CN(C(=O)c4ccccc4)C3)n2)n1. The number of hydrogen-bond acceptors (Lipinski definition) is 6. The zero-order valence-corrected chi connectivity index (χ0v) is 16.2. The van der Waals surface area contributed by atoms with E-state index in [1.54, 1.807) is 0 Å². The molecule has 3 heterocycles. The van der Waals surface area contributed by atoms with Crippen LogP contribution in [-0.4, -0.2) is 43.8 Å². The lowest BCUT2D eigenvalue weighted by Gasteiger charge is -2.38. The molecule has 7 heteroatoms. The van der Waals surface area contributed by atoms with Crippen molar-refractivity contribution in [1.82, 2.24) is 24.8 Å². The maximum absolute atomic E-state index is 12.5. The number of hydrogen-bond donors (Lipinski definition) is 1. The van der Waals surface area contributed by atoms with Crippen molar-refractivity contribution in [2.24, 2.45) is 0 Å². The van der Waals surface area contributed by atoms with Crippen LogP contribution in [0.5, 0.6) is 0 Å². The Morgan fingerprint density at radius 3 is 2.25 bits per heavy atom. The number of anilines is 2. The van der Waals surface area contributed by atoms with Crippen LogP contribution in [0.15, 0.2) is 42.5 Å². The van der Waals surface area contributed by atoms with E-state index in [9.17, 15) is 4.79 Å². The maximum Gasteiger partial charge on any atom is 0.253 e. The molecule has 7 nitrogen and oxygen atoms in total. The summed E-state index contributed by atoms with van der Waals surface area (Å²) in [4.78, 5) is 32.3. The number of amides is 1. The molecule has 1 aromatic carbocycles. The normalized spacial score (nSPS) is 13.9. The number of aryl methyl sites for hydroxylation is 3. The van der Waals surface area contributed by atoms with Crippen LogP contribution >= 0.6 is 0 Å². The van der Waals surface area contributed by atoms with E-state index in [2.05, 4.69) is 25.3 Å². The zero-order chi connectivity index (χ0) is 19.7. The quantitative estimate of drug-likeness (QED) is 0.755. The lowest BCUT2D eigenvalue weighted by Crippen LogP contribution is -2.49. The van der Waals surface area contributed by atoms with Crippen LogP contribution in [0.1, 0.15) is 39.2 Å². The molecule has 2 aromatic heterocycles. The first kappa shape index (κ1) is 18.0. The highest BCUT2D eigenvalue weighted by Gasteiger charge is 2.34. The van der Waals surface area contributed by atoms with E-state index >= 15 is 0 Å². The van der Waals surface area contributed by atoms with Gasteiger partial charge in [-0.25, -0.2) is 19.9 Å². The summed E-state index contributed by atoms with van der Waals surface area (Å²) in [7, 11) is 0. The minimum Gasteiger partial charge on any atom is -0.337 e. The van der Waals surface area contributed by atoms with Gasteiger partial charge in [-0.1, -0.05) is 18.2 Å². The summed E-state index contributed by atoms with van der Waals surface area (Å²) >= 11 is 0. The number of carbonyl (C=O) groups excluding carboxylic acids is 1. The molecule has 1 N–H and O–H groups in total. The topological polar surface area (TPSA) is 83.9 Å². The highest BCUT2D eigenvalue weighted by Crippen LogP contribution is 2.27. The van der Waals surface area contributed by atoms with Gasteiger partial charge in [-0.3, -0.25) is 4.79 Å². The second-order valence-corrected chi connectivity index (χ2v) is 7.13. The third-order valence-electron chi connectivity index (χ3n) is 4.65. The van der Waals surface area contributed by atoms with Crippen LogP contribution < -0.4 is 5.32 Å². The summed E-state index contributed by atoms with van der Waals surface area (Å²) in [5, 5.41) is 3.18. The molecule has 1 saturated heterocycles. The summed E-state index contributed by atoms with van der Waals surface area (Å²) in [5.41, 5.74) is 3.37. The smallest absolute Gasteiger partial charge is 0.253 e. The Labute approximate surface area is 163 Å². The molecular formula is C21H22N6O. The van der Waals surface area contributed by atoms with E-state index < -0.39 is 0 Å². The van der Waals surface area contributed by atoms with E-state index in [0.29, 0.717) is 30.4 Å². The Kier molecular flexibility index (Phi) is 4.73. The molecule has 0 radical (unpaired) electrons. The molecule has 1 amide bonds. The fourth-order valence-corrected chi connectivity index (χ4v) is 3.31. The largest absolute Gasteiger partial charge is 0.337 e. The van der Waals surface area contributed by atoms with E-state index in [-0.39, 0.29) is 11.8 Å². The number of nitrogens with zero attached hydrogens (tertiary/aromatic N) is 5. The fraction of sp³-hybridized carbons (Fsp3) is 0.286. The molecule has 1 aliphatic rings. The van der Waals surface area contributed by atoms with Crippen molar-refractivity contribution in [1.29, 1.82) is 0 Å². The standard InChI is InChI=1S/C21H22N6O/c1-13-9-14(2)24-21(23-13)26-18-10-15(3)22-19(25-18)17-11-27(12-17)20(28)16-7-5-4-6-8-16/h4-10,17H,11-12H2,1-3H3,(H,22,23,24,25,26). The van der Waals surface area contributed by atoms with Gasteiger partial charge in [0.05, 0.1) is 5.92 Å². The zero-order valence-electron chi connectivity index (χ0n) is 16.2. The van der Waals surface area contributed by atoms with Crippen LogP contribution in [-0.2, 0) is 0 Å². The molecule has 0 bridgehead atoms. The third-order valence-corrected chi connectivity index (χ3v) is 4.65. The molecule has 0 spiro atoms. The minimum atomic E-state index is 0.0477. The number of carbonyl (C=O) groups is 1. The van der Waals surface area contributed by atoms with Crippen LogP contribution in [0.3, 0.4) is 0 Å². The van der Waals surface area contributed by atoms with Crippen LogP contribution in [0.2, 0.25) is 0 Å². The number of likely N-dealkylation sites (tertiary alicyclic amines) is 1. The van der Waals surface area contributed by atoms with Crippen molar-refractivity contribution in [3.05, 3.63) is 70.9 Å². The number of aromatic nitrogens is 4. The highest BCUT2D eigenvalue weighted by molar-refractivity contribution is 5.94. The average molecular weight is 374 g/mol. The lowest BCUT2D eigenvalue weighted by molar-refractivity contribution is 0.0594. The van der Waals surface area contributed by atoms with Crippen LogP contribution in [0.25, 0.3) is 0 Å². The Morgan fingerprint density at radius 1 is 0.929 bits per heavy atom. The van der Waals surface area contributed by atoms with Gasteiger partial charge in [0.2, 0.25) is 5.95 Å². The predicted molar refractivity (Wildman–Crippen MR) is 107 cm³/mol. The minimum absolute atomic E-state index is 0.0477. The molecule has 4 rings (SSSR count). The molecule has 1 aliphatic heterocycles. The summed E-state index contributed by atoms with van der Waals surface area (Å²) in [5.74, 6) is 2.11. The van der Waals surface area contributed by atoms with Crippen LogP contribution in [0, 0.1) is 20.8 Å². The maximum atomic E-state index is 12.5. The van der Waals surface area contributed by atoms with Gasteiger partial charge in [0.15, 0.2) is 0 Å².